The molecule has 0 aliphatic rings. The zero-order chi connectivity index (χ0) is 37.3. The van der Waals surface area contributed by atoms with Gasteiger partial charge in [-0.25, -0.2) is 22.3 Å². The van der Waals surface area contributed by atoms with Crippen LogP contribution in [0.1, 0.15) is 22.6 Å². The van der Waals surface area contributed by atoms with E-state index >= 15 is 0 Å². The summed E-state index contributed by atoms with van der Waals surface area (Å²) in [5.41, 5.74) is 3.84. The van der Waals surface area contributed by atoms with Gasteiger partial charge in [-0.3, -0.25) is 4.79 Å². The van der Waals surface area contributed by atoms with E-state index in [1.165, 1.54) is 66.2 Å². The Labute approximate surface area is 317 Å². The third kappa shape index (κ3) is 10.2. The van der Waals surface area contributed by atoms with E-state index in [0.29, 0.717) is 27.8 Å². The number of rotatable bonds is 16. The Balaban J connectivity index is 1.28. The Morgan fingerprint density at radius 3 is 2.08 bits per heavy atom. The van der Waals surface area contributed by atoms with Crippen molar-refractivity contribution in [3.63, 3.8) is 0 Å². The Hall–Kier alpha value is -4.21. The number of ether oxygens (including phenoxy) is 1. The van der Waals surface area contributed by atoms with Crippen LogP contribution in [-0.2, 0) is 44.4 Å². The summed E-state index contributed by atoms with van der Waals surface area (Å²) in [4.78, 5) is 13.0. The van der Waals surface area contributed by atoms with Gasteiger partial charge in [-0.05, 0) is 90.3 Å². The molecule has 1 aromatic heterocycles. The lowest BCUT2D eigenvalue weighted by Gasteiger charge is -2.22. The number of nitrogens with zero attached hydrogens (tertiary/aromatic N) is 3. The maximum absolute atomic E-state index is 13.7. The highest BCUT2D eigenvalue weighted by Gasteiger charge is 2.28. The molecule has 0 aliphatic carbocycles. The number of amides is 1. The van der Waals surface area contributed by atoms with Crippen molar-refractivity contribution in [2.24, 2.45) is 5.10 Å². The van der Waals surface area contributed by atoms with Gasteiger partial charge in [-0.15, -0.1) is 0 Å². The van der Waals surface area contributed by atoms with Crippen LogP contribution in [-0.4, -0.2) is 57.8 Å². The van der Waals surface area contributed by atoms with Crippen LogP contribution in [0.2, 0.25) is 15.1 Å². The van der Waals surface area contributed by atoms with Gasteiger partial charge in [0, 0.05) is 18.1 Å². The number of methoxy groups -OCH3 is 1. The molecule has 272 valence electrons. The molecular weight excluding hydrogens is 771 g/mol. The van der Waals surface area contributed by atoms with Crippen molar-refractivity contribution in [2.45, 2.75) is 29.3 Å². The van der Waals surface area contributed by atoms with E-state index in [1.807, 2.05) is 30.3 Å². The second-order valence-corrected chi connectivity index (χ2v) is 16.4. The maximum Gasteiger partial charge on any atom is 0.255 e. The molecule has 1 N–H and O–H groups in total. The molecule has 0 aliphatic heterocycles. The summed E-state index contributed by atoms with van der Waals surface area (Å²) in [6, 6.07) is 29.0. The summed E-state index contributed by atoms with van der Waals surface area (Å²) in [7, 11) is -6.63. The molecule has 1 amide bonds. The summed E-state index contributed by atoms with van der Waals surface area (Å²) in [6.07, 6.45) is 1.60. The van der Waals surface area contributed by atoms with Crippen LogP contribution >= 0.6 is 34.8 Å². The van der Waals surface area contributed by atoms with Gasteiger partial charge in [0.15, 0.2) is 0 Å². The van der Waals surface area contributed by atoms with Crippen LogP contribution in [0, 0.1) is 0 Å². The predicted octanol–water partition coefficient (Wildman–Crippen LogP) is 7.02. The van der Waals surface area contributed by atoms with Gasteiger partial charge in [-0.1, -0.05) is 71.2 Å². The molecule has 5 rings (SSSR count). The van der Waals surface area contributed by atoms with Crippen LogP contribution in [0.5, 0.6) is 5.75 Å². The van der Waals surface area contributed by atoms with Crippen LogP contribution in [0.15, 0.2) is 129 Å². The second kappa shape index (κ2) is 17.5. The average molecular weight is 804 g/mol. The Morgan fingerprint density at radius 2 is 1.42 bits per heavy atom. The predicted molar refractivity (Wildman–Crippen MR) is 201 cm³/mol. The van der Waals surface area contributed by atoms with Crippen molar-refractivity contribution in [3.05, 3.63) is 147 Å². The van der Waals surface area contributed by atoms with Gasteiger partial charge in [0.1, 0.15) is 17.3 Å². The normalized spacial score (nSPS) is 12.1. The fourth-order valence-corrected chi connectivity index (χ4v) is 8.23. The number of carbonyl (C=O) groups excluding carboxylic acids is 1. The lowest BCUT2D eigenvalue weighted by Crippen LogP contribution is -2.40. The first-order chi connectivity index (χ1) is 24.8. The van der Waals surface area contributed by atoms with E-state index in [2.05, 4.69) is 10.5 Å². The molecule has 0 saturated carbocycles. The number of furan rings is 1. The van der Waals surface area contributed by atoms with E-state index in [1.54, 1.807) is 30.3 Å². The summed E-state index contributed by atoms with van der Waals surface area (Å²) in [5.74, 6) is 0.295. The number of carbonyl (C=O) groups is 1. The summed E-state index contributed by atoms with van der Waals surface area (Å²) < 4.78 is 67.9. The molecular formula is C36H33Cl3N4O7S2. The van der Waals surface area contributed by atoms with E-state index in [-0.39, 0.29) is 46.0 Å². The van der Waals surface area contributed by atoms with E-state index in [4.69, 9.17) is 44.0 Å². The van der Waals surface area contributed by atoms with Gasteiger partial charge >= 0.3 is 0 Å². The minimum atomic E-state index is -4.07. The number of benzene rings is 4. The van der Waals surface area contributed by atoms with Crippen LogP contribution in [0.3, 0.4) is 0 Å². The topological polar surface area (TPSA) is 139 Å². The molecule has 11 nitrogen and oxygen atoms in total. The molecule has 52 heavy (non-hydrogen) atoms. The third-order valence-electron chi connectivity index (χ3n) is 7.70. The van der Waals surface area contributed by atoms with Crippen LogP contribution in [0.4, 0.5) is 0 Å². The van der Waals surface area contributed by atoms with Crippen molar-refractivity contribution in [3.8, 4) is 5.75 Å². The fraction of sp³-hybridized carbons (Fsp3) is 0.167. The molecule has 16 heteroatoms. The van der Waals surface area contributed by atoms with Crippen molar-refractivity contribution in [1.29, 1.82) is 0 Å². The molecule has 0 saturated heterocycles. The number of nitrogens with one attached hydrogen (secondary N) is 1. The molecule has 1 heterocycles. The zero-order valence-corrected chi connectivity index (χ0v) is 31.6. The lowest BCUT2D eigenvalue weighted by atomic mass is 10.1. The average Bonchev–Trinajstić information content (AvgIpc) is 3.58. The van der Waals surface area contributed by atoms with Gasteiger partial charge in [0.25, 0.3) is 5.91 Å². The second-order valence-electron chi connectivity index (χ2n) is 11.3. The number of hydrogen-bond donors (Lipinski definition) is 1. The number of hydrogen-bond acceptors (Lipinski definition) is 8. The van der Waals surface area contributed by atoms with Gasteiger partial charge in [-0.2, -0.15) is 13.7 Å². The first kappa shape index (κ1) is 39.0. The molecule has 5 aromatic rings. The lowest BCUT2D eigenvalue weighted by molar-refractivity contribution is -0.121. The van der Waals surface area contributed by atoms with E-state index in [0.717, 1.165) is 9.87 Å². The number of hydrazone groups is 1. The molecule has 0 spiro atoms. The van der Waals surface area contributed by atoms with Crippen molar-refractivity contribution in [1.82, 2.24) is 14.0 Å². The van der Waals surface area contributed by atoms with Crippen molar-refractivity contribution in [2.75, 3.05) is 20.2 Å². The Morgan fingerprint density at radius 1 is 0.769 bits per heavy atom. The van der Waals surface area contributed by atoms with Crippen molar-refractivity contribution < 1.29 is 30.8 Å². The molecule has 0 radical (unpaired) electrons. The molecule has 0 atom stereocenters. The standard InChI is InChI=1S/C36H33Cl3N4O7S2/c1-49-29-12-16-33(17-13-29)51(45,46)42(20-19-26-5-3-2-4-6-26)25-36(44)41-40-22-30-10-11-31(50-30)24-43(23-27-7-18-34(38)35(39)21-27)52(47,48)32-14-8-28(37)9-15-32/h2-18,21-22H,19-20,23-25H2,1H3,(H,41,44)/b40-22-. The molecule has 4 aromatic carbocycles. The fourth-order valence-electron chi connectivity index (χ4n) is 4.99. The van der Waals surface area contributed by atoms with Gasteiger partial charge < -0.3 is 9.15 Å². The molecule has 0 fully saturated rings. The minimum absolute atomic E-state index is 0.00654. The number of halogens is 3. The maximum atomic E-state index is 13.7. The third-order valence-corrected chi connectivity index (χ3v) is 12.4. The summed E-state index contributed by atoms with van der Waals surface area (Å²) >= 11 is 18.3. The van der Waals surface area contributed by atoms with E-state index in [9.17, 15) is 21.6 Å². The highest BCUT2D eigenvalue weighted by Crippen LogP contribution is 2.27. The van der Waals surface area contributed by atoms with Crippen LogP contribution < -0.4 is 10.2 Å². The number of sulfonamides is 2. The molecule has 0 unspecified atom stereocenters. The highest BCUT2D eigenvalue weighted by molar-refractivity contribution is 7.89. The SMILES string of the molecule is COc1ccc(S(=O)(=O)N(CCc2ccccc2)CC(=O)N/N=C\c2ccc(CN(Cc3ccc(Cl)c(Cl)c3)S(=O)(=O)c3ccc(Cl)cc3)o2)cc1. The molecule has 0 bridgehead atoms. The monoisotopic (exact) mass is 802 g/mol. The first-order valence-electron chi connectivity index (χ1n) is 15.6. The Kier molecular flexibility index (Phi) is 13.2. The Bertz CT molecular complexity index is 2230. The smallest absolute Gasteiger partial charge is 0.255 e. The highest BCUT2D eigenvalue weighted by atomic mass is 35.5. The van der Waals surface area contributed by atoms with Gasteiger partial charge in [0.2, 0.25) is 20.0 Å². The van der Waals surface area contributed by atoms with E-state index < -0.39 is 32.5 Å². The first-order valence-corrected chi connectivity index (χ1v) is 19.6. The summed E-state index contributed by atoms with van der Waals surface area (Å²) in [6.45, 7) is -0.684. The van der Waals surface area contributed by atoms with Crippen LogP contribution in [0.25, 0.3) is 0 Å². The zero-order valence-electron chi connectivity index (χ0n) is 27.7. The quantitative estimate of drug-likeness (QED) is 0.0836. The van der Waals surface area contributed by atoms with Crippen molar-refractivity contribution >= 4 is 67.0 Å². The summed E-state index contributed by atoms with van der Waals surface area (Å²) in [5, 5.41) is 4.94. The van der Waals surface area contributed by atoms with Gasteiger partial charge in [0.05, 0.1) is 46.3 Å². The minimum Gasteiger partial charge on any atom is -0.497 e. The largest absolute Gasteiger partial charge is 0.497 e.